The zero-order valence-corrected chi connectivity index (χ0v) is 28.5. The Labute approximate surface area is 267 Å². The van der Waals surface area contributed by atoms with Crippen molar-refractivity contribution in [2.75, 3.05) is 47.4 Å². The van der Waals surface area contributed by atoms with Gasteiger partial charge in [-0.25, -0.2) is 4.79 Å². The van der Waals surface area contributed by atoms with Crippen LogP contribution in [0.2, 0.25) is 0 Å². The van der Waals surface area contributed by atoms with E-state index >= 15 is 0 Å². The molecule has 1 atom stereocenters. The second-order valence-electron chi connectivity index (χ2n) is 12.1. The van der Waals surface area contributed by atoms with Crippen LogP contribution in [0.15, 0.2) is 53.8 Å². The van der Waals surface area contributed by atoms with E-state index in [0.717, 1.165) is 85.8 Å². The smallest absolute Gasteiger partial charge is 0.183 e. The van der Waals surface area contributed by atoms with E-state index < -0.39 is 0 Å². The number of hydrogen-bond acceptors (Lipinski definition) is 6. The van der Waals surface area contributed by atoms with Crippen molar-refractivity contribution in [1.82, 2.24) is 14.6 Å². The van der Waals surface area contributed by atoms with Gasteiger partial charge in [0.05, 0.1) is 13.7 Å². The summed E-state index contributed by atoms with van der Waals surface area (Å²) < 4.78 is 12.2. The van der Waals surface area contributed by atoms with E-state index in [2.05, 4.69) is 55.3 Å². The maximum atomic E-state index is 11.0. The lowest BCUT2D eigenvalue weighted by Crippen LogP contribution is -2.35. The molecule has 0 saturated carbocycles. The number of likely N-dealkylation sites (tertiary alicyclic amines) is 1. The van der Waals surface area contributed by atoms with Crippen LogP contribution in [-0.2, 0) is 17.8 Å². The fourth-order valence-corrected chi connectivity index (χ4v) is 6.03. The van der Waals surface area contributed by atoms with Crippen LogP contribution >= 0.6 is 0 Å². The van der Waals surface area contributed by atoms with Gasteiger partial charge in [0, 0.05) is 50.1 Å². The Morgan fingerprint density at radius 3 is 2.45 bits per heavy atom. The SMILES string of the molecule is CC.[B]N1CCc2ccc(OCC3CCN(Cc4c(C)cc(C(=C/N(C)C)/C(C)=C(/C)C=C=O)cc4OC)CC3)cc2C1C. The normalized spacial score (nSPS) is 18.3. The van der Waals surface area contributed by atoms with Gasteiger partial charge < -0.3 is 19.2 Å². The molecule has 6 nitrogen and oxygen atoms in total. The van der Waals surface area contributed by atoms with Crippen molar-refractivity contribution in [3.8, 4) is 11.5 Å². The number of aryl methyl sites for hydroxylation is 1. The number of carbonyl (C=O) groups excluding carboxylic acids is 1. The molecule has 2 aliphatic heterocycles. The van der Waals surface area contributed by atoms with Gasteiger partial charge in [0.2, 0.25) is 0 Å². The molecule has 2 aromatic rings. The van der Waals surface area contributed by atoms with Gasteiger partial charge in [0.15, 0.2) is 7.98 Å². The summed E-state index contributed by atoms with van der Waals surface area (Å²) in [5.41, 5.74) is 9.17. The van der Waals surface area contributed by atoms with Crippen molar-refractivity contribution in [3.05, 3.63) is 81.6 Å². The van der Waals surface area contributed by atoms with Crippen molar-refractivity contribution in [2.24, 2.45) is 5.92 Å². The maximum absolute atomic E-state index is 11.0. The molecule has 1 fully saturated rings. The monoisotopic (exact) mass is 597 g/mol. The van der Waals surface area contributed by atoms with Gasteiger partial charge >= 0.3 is 0 Å². The lowest BCUT2D eigenvalue weighted by Gasteiger charge is -2.34. The minimum Gasteiger partial charge on any atom is -0.496 e. The van der Waals surface area contributed by atoms with Gasteiger partial charge in [-0.05, 0) is 124 Å². The average Bonchev–Trinajstić information content (AvgIpc) is 3.03. The number of benzene rings is 2. The molecule has 1 unspecified atom stereocenters. The summed E-state index contributed by atoms with van der Waals surface area (Å²) in [6, 6.07) is 11.1. The molecule has 1 saturated heterocycles. The quantitative estimate of drug-likeness (QED) is 0.168. The molecular weight excluding hydrogens is 545 g/mol. The van der Waals surface area contributed by atoms with Gasteiger partial charge in [0.1, 0.15) is 17.4 Å². The summed E-state index contributed by atoms with van der Waals surface area (Å²) >= 11 is 0. The zero-order chi connectivity index (χ0) is 32.4. The van der Waals surface area contributed by atoms with Crippen molar-refractivity contribution >= 4 is 19.5 Å². The minimum absolute atomic E-state index is 0.217. The molecule has 236 valence electrons. The molecule has 0 aromatic heterocycles. The molecule has 44 heavy (non-hydrogen) atoms. The van der Waals surface area contributed by atoms with Crippen molar-refractivity contribution in [2.45, 2.75) is 73.4 Å². The topological polar surface area (TPSA) is 45.2 Å². The summed E-state index contributed by atoms with van der Waals surface area (Å²) in [5.74, 6) is 4.30. The van der Waals surface area contributed by atoms with Gasteiger partial charge in [0.25, 0.3) is 0 Å². The van der Waals surface area contributed by atoms with E-state index in [-0.39, 0.29) is 6.04 Å². The fraction of sp³-hybridized carbons (Fsp3) is 0.514. The lowest BCUT2D eigenvalue weighted by atomic mass is 9.91. The lowest BCUT2D eigenvalue weighted by molar-refractivity contribution is 0.135. The third kappa shape index (κ3) is 8.91. The van der Waals surface area contributed by atoms with E-state index in [4.69, 9.17) is 17.5 Å². The van der Waals surface area contributed by atoms with Crippen LogP contribution in [-0.4, -0.2) is 76.0 Å². The first-order valence-corrected chi connectivity index (χ1v) is 16.0. The number of hydrogen-bond donors (Lipinski definition) is 0. The Morgan fingerprint density at radius 1 is 1.11 bits per heavy atom. The number of allylic oxidation sites excluding steroid dienone is 4. The van der Waals surface area contributed by atoms with Crippen LogP contribution in [0.3, 0.4) is 0 Å². The summed E-state index contributed by atoms with van der Waals surface area (Å²) in [5, 5.41) is 0. The molecule has 0 amide bonds. The molecule has 2 heterocycles. The summed E-state index contributed by atoms with van der Waals surface area (Å²) in [7, 11) is 11.9. The number of methoxy groups -OCH3 is 1. The van der Waals surface area contributed by atoms with Gasteiger partial charge in [-0.2, -0.15) is 0 Å². The highest BCUT2D eigenvalue weighted by Crippen LogP contribution is 2.35. The first-order chi connectivity index (χ1) is 21.1. The molecule has 0 aliphatic carbocycles. The molecule has 0 spiro atoms. The molecule has 0 bridgehead atoms. The molecule has 2 aromatic carbocycles. The first kappa shape index (κ1) is 35.2. The van der Waals surface area contributed by atoms with Gasteiger partial charge in [-0.1, -0.05) is 26.0 Å². The molecule has 4 rings (SSSR count). The average molecular weight is 598 g/mol. The number of fused-ring (bicyclic) bond motifs is 1. The summed E-state index contributed by atoms with van der Waals surface area (Å²) in [4.78, 5) is 17.5. The standard InChI is InChI=1S/C35H46BN3O3.C2H6/c1-24(13-17-40)26(3)34(21-37(5)6)30-18-25(2)33(35(19-30)41-7)22-38-14-10-28(11-15-38)23-42-31-9-8-29-12-16-39(36)27(4)32(29)20-31;1-2/h8-9,13,18-21,27-28H,10-12,14-16,22-23H2,1-7H3;1-2H3/b26-24-,34-21+;. The highest BCUT2D eigenvalue weighted by atomic mass is 16.5. The third-order valence-corrected chi connectivity index (χ3v) is 8.90. The highest BCUT2D eigenvalue weighted by Gasteiger charge is 2.24. The van der Waals surface area contributed by atoms with Crippen molar-refractivity contribution in [1.29, 1.82) is 0 Å². The van der Waals surface area contributed by atoms with E-state index in [0.29, 0.717) is 5.92 Å². The third-order valence-electron chi connectivity index (χ3n) is 8.90. The molecule has 0 N–H and O–H groups in total. The second-order valence-corrected chi connectivity index (χ2v) is 12.1. The largest absolute Gasteiger partial charge is 0.496 e. The van der Waals surface area contributed by atoms with Gasteiger partial charge in [-0.15, -0.1) is 0 Å². The maximum Gasteiger partial charge on any atom is 0.183 e. The first-order valence-electron chi connectivity index (χ1n) is 16.0. The number of ether oxygens (including phenoxy) is 2. The van der Waals surface area contributed by atoms with Crippen LogP contribution in [0, 0.1) is 12.8 Å². The van der Waals surface area contributed by atoms with E-state index in [9.17, 15) is 4.79 Å². The van der Waals surface area contributed by atoms with E-state index in [1.54, 1.807) is 7.11 Å². The fourth-order valence-electron chi connectivity index (χ4n) is 6.03. The Morgan fingerprint density at radius 2 is 1.82 bits per heavy atom. The Hall–Kier alpha value is -3.25. The summed E-state index contributed by atoms with van der Waals surface area (Å²) in [6.45, 7) is 16.9. The highest BCUT2D eigenvalue weighted by molar-refractivity contribution is 6.04. The number of rotatable bonds is 10. The van der Waals surface area contributed by atoms with Crippen LogP contribution in [0.25, 0.3) is 5.57 Å². The second kappa shape index (κ2) is 16.7. The molecule has 2 radical (unpaired) electrons. The molecule has 7 heteroatoms. The Kier molecular flexibility index (Phi) is 13.4. The predicted molar refractivity (Wildman–Crippen MR) is 184 cm³/mol. The zero-order valence-electron chi connectivity index (χ0n) is 28.5. The molecular formula is C37H52BN3O3. The van der Waals surface area contributed by atoms with E-state index in [1.807, 2.05) is 57.4 Å². The van der Waals surface area contributed by atoms with Crippen LogP contribution in [0.5, 0.6) is 11.5 Å². The Balaban J connectivity index is 0.00000259. The Bertz CT molecular complexity index is 1370. The van der Waals surface area contributed by atoms with Crippen molar-refractivity contribution in [3.63, 3.8) is 0 Å². The van der Waals surface area contributed by atoms with Crippen molar-refractivity contribution < 1.29 is 14.3 Å². The predicted octanol–water partition coefficient (Wildman–Crippen LogP) is 6.95. The van der Waals surface area contributed by atoms with Crippen LogP contribution in [0.4, 0.5) is 0 Å². The van der Waals surface area contributed by atoms with Crippen LogP contribution in [0.1, 0.15) is 81.3 Å². The molecule has 2 aliphatic rings. The summed E-state index contributed by atoms with van der Waals surface area (Å²) in [6.07, 6.45) is 6.80. The number of piperidine rings is 1. The van der Waals surface area contributed by atoms with Crippen LogP contribution < -0.4 is 9.47 Å². The van der Waals surface area contributed by atoms with Gasteiger partial charge in [-0.3, -0.25) is 4.90 Å². The van der Waals surface area contributed by atoms with E-state index in [1.165, 1.54) is 28.3 Å². The minimum atomic E-state index is 0.217. The number of nitrogens with zero attached hydrogens (tertiary/aromatic N) is 3.